The van der Waals surface area contributed by atoms with Gasteiger partial charge < -0.3 is 10.2 Å². The lowest BCUT2D eigenvalue weighted by Crippen LogP contribution is -2.43. The molecule has 1 aliphatic rings. The van der Waals surface area contributed by atoms with Crippen LogP contribution in [-0.4, -0.2) is 39.3 Å². The highest BCUT2D eigenvalue weighted by Crippen LogP contribution is 2.28. The van der Waals surface area contributed by atoms with Gasteiger partial charge in [0.05, 0.1) is 10.4 Å². The van der Waals surface area contributed by atoms with E-state index in [2.05, 4.69) is 21.1 Å². The number of nitrogens with one attached hydrogen (secondary N) is 2. The van der Waals surface area contributed by atoms with E-state index in [9.17, 15) is 8.42 Å². The Kier molecular flexibility index (Phi) is 5.41. The lowest BCUT2D eigenvalue weighted by atomic mass is 10.2. The van der Waals surface area contributed by atoms with Gasteiger partial charge in [0.2, 0.25) is 0 Å². The highest BCUT2D eigenvalue weighted by Gasteiger charge is 2.17. The van der Waals surface area contributed by atoms with Gasteiger partial charge in [-0.25, -0.2) is 4.83 Å². The minimum absolute atomic E-state index is 0. The average Bonchev–Trinajstić information content (AvgIpc) is 3.06. The van der Waals surface area contributed by atoms with Crippen molar-refractivity contribution in [3.8, 4) is 0 Å². The summed E-state index contributed by atoms with van der Waals surface area (Å²) >= 11 is 0. The summed E-state index contributed by atoms with van der Waals surface area (Å²) in [6.07, 6.45) is 1.76. The number of benzene rings is 2. The van der Waals surface area contributed by atoms with Crippen molar-refractivity contribution in [3.05, 3.63) is 60.8 Å². The van der Waals surface area contributed by atoms with Crippen LogP contribution in [0.4, 0.5) is 5.69 Å². The van der Waals surface area contributed by atoms with Crippen LogP contribution in [-0.2, 0) is 10.0 Å². The summed E-state index contributed by atoms with van der Waals surface area (Å²) in [5, 5.41) is 4.39. The molecule has 1 fully saturated rings. The van der Waals surface area contributed by atoms with Gasteiger partial charge in [-0.05, 0) is 30.3 Å². The van der Waals surface area contributed by atoms with Gasteiger partial charge in [0, 0.05) is 43.4 Å². The van der Waals surface area contributed by atoms with Gasteiger partial charge in [-0.1, -0.05) is 24.3 Å². The molecule has 3 aromatic rings. The molecule has 1 aliphatic heterocycles. The first-order chi connectivity index (χ1) is 12.1. The summed E-state index contributed by atoms with van der Waals surface area (Å²) in [4.78, 5) is 5.22. The monoisotopic (exact) mass is 392 g/mol. The van der Waals surface area contributed by atoms with Gasteiger partial charge in [0.15, 0.2) is 0 Å². The topological polar surface area (TPSA) is 66.4 Å². The van der Waals surface area contributed by atoms with Crippen molar-refractivity contribution >= 4 is 39.0 Å². The van der Waals surface area contributed by atoms with Gasteiger partial charge >= 0.3 is 0 Å². The Hall–Kier alpha value is -2.22. The van der Waals surface area contributed by atoms with E-state index < -0.39 is 10.0 Å². The fraction of sp³-hybridized carbons (Fsp3) is 0.222. The Morgan fingerprint density at radius 3 is 2.38 bits per heavy atom. The van der Waals surface area contributed by atoms with Crippen LogP contribution in [0.1, 0.15) is 0 Å². The van der Waals surface area contributed by atoms with Gasteiger partial charge in [-0.2, -0.15) is 8.42 Å². The van der Waals surface area contributed by atoms with Crippen molar-refractivity contribution in [2.75, 3.05) is 35.9 Å². The average molecular weight is 393 g/mol. The maximum Gasteiger partial charge on any atom is 0.275 e. The maximum absolute atomic E-state index is 12.6. The normalized spacial score (nSPS) is 14.8. The van der Waals surface area contributed by atoms with E-state index in [1.54, 1.807) is 41.2 Å². The van der Waals surface area contributed by atoms with Crippen LogP contribution in [0.15, 0.2) is 65.7 Å². The third-order valence-corrected chi connectivity index (χ3v) is 5.77. The molecule has 1 saturated heterocycles. The molecule has 2 N–H and O–H groups in total. The zero-order valence-electron chi connectivity index (χ0n) is 14.1. The molecular formula is C18H21ClN4O2S. The van der Waals surface area contributed by atoms with Gasteiger partial charge in [-0.3, -0.25) is 4.68 Å². The van der Waals surface area contributed by atoms with Crippen LogP contribution in [0, 0.1) is 0 Å². The predicted octanol–water partition coefficient (Wildman–Crippen LogP) is 2.41. The lowest BCUT2D eigenvalue weighted by molar-refractivity contribution is 0.590. The third-order valence-electron chi connectivity index (χ3n) is 4.44. The number of hydrogen-bond acceptors (Lipinski definition) is 4. The van der Waals surface area contributed by atoms with Gasteiger partial charge in [-0.15, -0.1) is 12.4 Å². The first-order valence-electron chi connectivity index (χ1n) is 8.29. The smallest absolute Gasteiger partial charge is 0.275 e. The summed E-state index contributed by atoms with van der Waals surface area (Å²) in [7, 11) is -3.62. The number of anilines is 1. The van der Waals surface area contributed by atoms with E-state index in [4.69, 9.17) is 0 Å². The number of piperazine rings is 1. The van der Waals surface area contributed by atoms with E-state index in [1.165, 1.54) is 0 Å². The molecule has 8 heteroatoms. The SMILES string of the molecule is Cl.O=S(=O)(Nn1ccc2c(N3CCNCC3)cccc21)c1ccccc1. The molecule has 6 nitrogen and oxygen atoms in total. The molecule has 0 amide bonds. The van der Waals surface area contributed by atoms with Crippen LogP contribution in [0.25, 0.3) is 10.9 Å². The zero-order valence-corrected chi connectivity index (χ0v) is 15.8. The Morgan fingerprint density at radius 1 is 0.923 bits per heavy atom. The molecule has 0 radical (unpaired) electrons. The lowest BCUT2D eigenvalue weighted by Gasteiger charge is -2.30. The summed E-state index contributed by atoms with van der Waals surface area (Å²) < 4.78 is 26.7. The van der Waals surface area contributed by atoms with Gasteiger partial charge in [0.25, 0.3) is 10.0 Å². The molecule has 138 valence electrons. The molecule has 0 bridgehead atoms. The van der Waals surface area contributed by atoms with Crippen molar-refractivity contribution in [2.45, 2.75) is 4.90 Å². The number of hydrogen-bond donors (Lipinski definition) is 2. The quantitative estimate of drug-likeness (QED) is 0.715. The van der Waals surface area contributed by atoms with E-state index in [0.29, 0.717) is 0 Å². The molecule has 0 saturated carbocycles. The highest BCUT2D eigenvalue weighted by atomic mass is 35.5. The summed E-state index contributed by atoms with van der Waals surface area (Å²) in [6.45, 7) is 3.80. The van der Waals surface area contributed by atoms with E-state index >= 15 is 0 Å². The standard InChI is InChI=1S/C18H20N4O2S.ClH/c23-25(24,15-5-2-1-3-6-15)20-22-12-9-16-17(7-4-8-18(16)22)21-13-10-19-11-14-21;/h1-9,12,19-20H,10-11,13-14H2;1H. The zero-order chi connectivity index (χ0) is 17.3. The molecule has 0 unspecified atom stereocenters. The molecule has 2 heterocycles. The van der Waals surface area contributed by atoms with E-state index in [0.717, 1.165) is 42.8 Å². The molecule has 1 aromatic heterocycles. The van der Waals surface area contributed by atoms with Crippen LogP contribution >= 0.6 is 12.4 Å². The first kappa shape index (κ1) is 18.6. The number of fused-ring (bicyclic) bond motifs is 1. The number of sulfonamides is 1. The first-order valence-corrected chi connectivity index (χ1v) is 9.77. The summed E-state index contributed by atoms with van der Waals surface area (Å²) in [6, 6.07) is 16.3. The summed E-state index contributed by atoms with van der Waals surface area (Å²) in [5.41, 5.74) is 1.98. The molecular weight excluding hydrogens is 372 g/mol. The number of nitrogens with zero attached hydrogens (tertiary/aromatic N) is 2. The second kappa shape index (κ2) is 7.57. The third kappa shape index (κ3) is 3.51. The molecule has 4 rings (SSSR count). The Morgan fingerprint density at radius 2 is 1.65 bits per heavy atom. The second-order valence-corrected chi connectivity index (χ2v) is 7.70. The van der Waals surface area contributed by atoms with Crippen molar-refractivity contribution < 1.29 is 8.42 Å². The van der Waals surface area contributed by atoms with Crippen molar-refractivity contribution in [2.24, 2.45) is 0 Å². The van der Waals surface area contributed by atoms with Crippen LogP contribution in [0.3, 0.4) is 0 Å². The molecule has 26 heavy (non-hydrogen) atoms. The molecule has 0 spiro atoms. The Balaban J connectivity index is 0.00000196. The summed E-state index contributed by atoms with van der Waals surface area (Å²) in [5.74, 6) is 0. The Bertz CT molecular complexity index is 983. The van der Waals surface area contributed by atoms with E-state index in [1.807, 2.05) is 18.2 Å². The van der Waals surface area contributed by atoms with E-state index in [-0.39, 0.29) is 17.3 Å². The van der Waals surface area contributed by atoms with Crippen LogP contribution in [0.2, 0.25) is 0 Å². The van der Waals surface area contributed by atoms with Crippen molar-refractivity contribution in [1.29, 1.82) is 0 Å². The highest BCUT2D eigenvalue weighted by molar-refractivity contribution is 7.92. The predicted molar refractivity (Wildman–Crippen MR) is 107 cm³/mol. The molecule has 0 aliphatic carbocycles. The molecule has 0 atom stereocenters. The second-order valence-electron chi connectivity index (χ2n) is 6.04. The van der Waals surface area contributed by atoms with Crippen molar-refractivity contribution in [1.82, 2.24) is 9.99 Å². The van der Waals surface area contributed by atoms with Gasteiger partial charge in [0.1, 0.15) is 0 Å². The fourth-order valence-electron chi connectivity index (χ4n) is 3.19. The van der Waals surface area contributed by atoms with Crippen LogP contribution < -0.4 is 15.0 Å². The minimum Gasteiger partial charge on any atom is -0.368 e. The largest absolute Gasteiger partial charge is 0.368 e. The van der Waals surface area contributed by atoms with Crippen molar-refractivity contribution in [3.63, 3.8) is 0 Å². The maximum atomic E-state index is 12.6. The number of rotatable bonds is 4. The number of aromatic nitrogens is 1. The van der Waals surface area contributed by atoms with Crippen LogP contribution in [0.5, 0.6) is 0 Å². The molecule has 2 aromatic carbocycles. The Labute approximate surface area is 159 Å². The minimum atomic E-state index is -3.62. The number of halogens is 1. The fourth-order valence-corrected chi connectivity index (χ4v) is 4.23.